The molecule has 1 spiro atoms. The Morgan fingerprint density at radius 2 is 2.06 bits per heavy atom. The number of ether oxygens (including phenoxy) is 2. The maximum atomic E-state index is 5.81. The van der Waals surface area contributed by atoms with E-state index in [0.29, 0.717) is 13.2 Å². The third-order valence-electron chi connectivity index (χ3n) is 3.30. The predicted octanol–water partition coefficient (Wildman–Crippen LogP) is 2.98. The zero-order valence-corrected chi connectivity index (χ0v) is 9.28. The van der Waals surface area contributed by atoms with Gasteiger partial charge in [0.25, 0.3) is 0 Å². The van der Waals surface area contributed by atoms with E-state index in [4.69, 9.17) is 13.9 Å². The molecule has 0 aromatic carbocycles. The second kappa shape index (κ2) is 4.07. The molecule has 2 fully saturated rings. The first-order valence-corrected chi connectivity index (χ1v) is 5.92. The van der Waals surface area contributed by atoms with Crippen LogP contribution in [0, 0.1) is 0 Å². The molecule has 2 heterocycles. The lowest BCUT2D eigenvalue weighted by Crippen LogP contribution is -2.35. The topological polar surface area (TPSA) is 31.6 Å². The summed E-state index contributed by atoms with van der Waals surface area (Å²) in [5.41, 5.74) is 1.23. The van der Waals surface area contributed by atoms with Crippen molar-refractivity contribution in [3.8, 4) is 0 Å². The van der Waals surface area contributed by atoms with Crippen molar-refractivity contribution >= 4 is 6.08 Å². The molecule has 0 N–H and O–H groups in total. The molecule has 1 aliphatic carbocycles. The summed E-state index contributed by atoms with van der Waals surface area (Å²) < 4.78 is 17.0. The normalized spacial score (nSPS) is 26.6. The summed E-state index contributed by atoms with van der Waals surface area (Å²) in [6.45, 7) is 1.41. The summed E-state index contributed by atoms with van der Waals surface area (Å²) >= 11 is 0. The van der Waals surface area contributed by atoms with Gasteiger partial charge < -0.3 is 13.9 Å². The first-order valence-electron chi connectivity index (χ1n) is 5.92. The monoisotopic (exact) mass is 220 g/mol. The van der Waals surface area contributed by atoms with Gasteiger partial charge >= 0.3 is 0 Å². The molecule has 1 saturated carbocycles. The minimum absolute atomic E-state index is 0.439. The highest BCUT2D eigenvalue weighted by Gasteiger charge is 2.41. The van der Waals surface area contributed by atoms with Gasteiger partial charge in [0.2, 0.25) is 0 Å². The van der Waals surface area contributed by atoms with Crippen LogP contribution in [0.3, 0.4) is 0 Å². The molecule has 0 unspecified atom stereocenters. The van der Waals surface area contributed by atoms with E-state index in [0.717, 1.165) is 18.6 Å². The molecular formula is C13H16O3. The highest BCUT2D eigenvalue weighted by molar-refractivity contribution is 5.50. The molecule has 1 aliphatic heterocycles. The molecule has 16 heavy (non-hydrogen) atoms. The summed E-state index contributed by atoms with van der Waals surface area (Å²) in [6.07, 6.45) is 8.17. The highest BCUT2D eigenvalue weighted by Crippen LogP contribution is 2.40. The van der Waals surface area contributed by atoms with E-state index < -0.39 is 5.79 Å². The van der Waals surface area contributed by atoms with Crippen LogP contribution >= 0.6 is 0 Å². The quantitative estimate of drug-likeness (QED) is 0.729. The van der Waals surface area contributed by atoms with Gasteiger partial charge in [-0.05, 0) is 43.0 Å². The molecule has 3 heteroatoms. The maximum absolute atomic E-state index is 5.81. The van der Waals surface area contributed by atoms with Gasteiger partial charge in [-0.15, -0.1) is 0 Å². The van der Waals surface area contributed by atoms with Gasteiger partial charge in [0.05, 0.1) is 19.5 Å². The molecule has 1 saturated heterocycles. The van der Waals surface area contributed by atoms with Crippen LogP contribution in [-0.4, -0.2) is 19.0 Å². The Hall–Kier alpha value is -1.06. The fourth-order valence-corrected chi connectivity index (χ4v) is 2.54. The van der Waals surface area contributed by atoms with Gasteiger partial charge in [0.1, 0.15) is 5.76 Å². The molecule has 1 aromatic rings. The van der Waals surface area contributed by atoms with Crippen molar-refractivity contribution < 1.29 is 13.9 Å². The van der Waals surface area contributed by atoms with Crippen LogP contribution in [0.4, 0.5) is 0 Å². The number of rotatable bonds is 1. The molecule has 2 aliphatic rings. The summed E-state index contributed by atoms with van der Waals surface area (Å²) in [7, 11) is 0. The van der Waals surface area contributed by atoms with Crippen LogP contribution in [0.5, 0.6) is 0 Å². The molecule has 1 aromatic heterocycles. The Kier molecular flexibility index (Phi) is 2.58. The van der Waals surface area contributed by atoms with E-state index in [1.165, 1.54) is 18.4 Å². The van der Waals surface area contributed by atoms with Gasteiger partial charge in [-0.25, -0.2) is 0 Å². The van der Waals surface area contributed by atoms with E-state index in [1.54, 1.807) is 6.26 Å². The van der Waals surface area contributed by atoms with Crippen molar-refractivity contribution in [2.75, 3.05) is 13.2 Å². The van der Waals surface area contributed by atoms with Crippen molar-refractivity contribution in [1.29, 1.82) is 0 Å². The van der Waals surface area contributed by atoms with Crippen LogP contribution in [0.15, 0.2) is 28.4 Å². The van der Waals surface area contributed by atoms with Crippen LogP contribution in [-0.2, 0) is 9.47 Å². The van der Waals surface area contributed by atoms with E-state index in [1.807, 2.05) is 12.1 Å². The fourth-order valence-electron chi connectivity index (χ4n) is 2.54. The van der Waals surface area contributed by atoms with Crippen molar-refractivity contribution in [1.82, 2.24) is 0 Å². The maximum Gasteiger partial charge on any atom is 0.191 e. The van der Waals surface area contributed by atoms with Crippen molar-refractivity contribution in [3.63, 3.8) is 0 Å². The number of furan rings is 1. The van der Waals surface area contributed by atoms with Crippen molar-refractivity contribution in [2.45, 2.75) is 31.5 Å². The Morgan fingerprint density at radius 1 is 1.19 bits per heavy atom. The molecule has 3 rings (SSSR count). The van der Waals surface area contributed by atoms with Gasteiger partial charge in [-0.1, -0.05) is 0 Å². The SMILES string of the molecule is C(=C1/CCCCC12OCCO2)/c1ccco1. The third-order valence-corrected chi connectivity index (χ3v) is 3.30. The second-order valence-corrected chi connectivity index (χ2v) is 4.34. The molecular weight excluding hydrogens is 204 g/mol. The van der Waals surface area contributed by atoms with E-state index in [2.05, 4.69) is 6.08 Å². The lowest BCUT2D eigenvalue weighted by molar-refractivity contribution is -0.139. The fraction of sp³-hybridized carbons (Fsp3) is 0.538. The van der Waals surface area contributed by atoms with E-state index >= 15 is 0 Å². The molecule has 86 valence electrons. The first-order chi connectivity index (χ1) is 7.89. The Bertz CT molecular complexity index is 372. The number of hydrogen-bond donors (Lipinski definition) is 0. The van der Waals surface area contributed by atoms with E-state index in [9.17, 15) is 0 Å². The lowest BCUT2D eigenvalue weighted by atomic mass is 9.88. The van der Waals surface area contributed by atoms with E-state index in [-0.39, 0.29) is 0 Å². The Balaban J connectivity index is 1.91. The molecule has 0 amide bonds. The molecule has 0 bridgehead atoms. The second-order valence-electron chi connectivity index (χ2n) is 4.34. The largest absolute Gasteiger partial charge is 0.465 e. The Labute approximate surface area is 95.0 Å². The smallest absolute Gasteiger partial charge is 0.191 e. The summed E-state index contributed by atoms with van der Waals surface area (Å²) in [5.74, 6) is 0.445. The van der Waals surface area contributed by atoms with Crippen molar-refractivity contribution in [3.05, 3.63) is 29.7 Å². The van der Waals surface area contributed by atoms with Crippen molar-refractivity contribution in [2.24, 2.45) is 0 Å². The lowest BCUT2D eigenvalue weighted by Gasteiger charge is -2.34. The van der Waals surface area contributed by atoms with Crippen LogP contribution in [0.2, 0.25) is 0 Å². The first kappa shape index (κ1) is 10.1. The number of hydrogen-bond acceptors (Lipinski definition) is 3. The minimum atomic E-state index is -0.439. The standard InChI is InChI=1S/C13H16O3/c1-2-6-13(15-8-9-16-13)11(4-1)10-12-5-3-7-14-12/h3,5,7,10H,1-2,4,6,8-9H2/b11-10+. The van der Waals surface area contributed by atoms with Gasteiger partial charge in [-0.2, -0.15) is 0 Å². The highest BCUT2D eigenvalue weighted by atomic mass is 16.7. The molecule has 3 nitrogen and oxygen atoms in total. The predicted molar refractivity (Wildman–Crippen MR) is 59.8 cm³/mol. The van der Waals surface area contributed by atoms with Gasteiger partial charge in [0, 0.05) is 6.42 Å². The summed E-state index contributed by atoms with van der Waals surface area (Å²) in [6, 6.07) is 3.86. The molecule has 0 radical (unpaired) electrons. The van der Waals surface area contributed by atoms with Crippen LogP contribution < -0.4 is 0 Å². The van der Waals surface area contributed by atoms with Gasteiger partial charge in [0.15, 0.2) is 5.79 Å². The summed E-state index contributed by atoms with van der Waals surface area (Å²) in [5, 5.41) is 0. The average molecular weight is 220 g/mol. The van der Waals surface area contributed by atoms with Crippen LogP contribution in [0.25, 0.3) is 6.08 Å². The zero-order chi connectivity index (χ0) is 10.8. The zero-order valence-electron chi connectivity index (χ0n) is 9.28. The third kappa shape index (κ3) is 1.70. The average Bonchev–Trinajstić information content (AvgIpc) is 2.94. The van der Waals surface area contributed by atoms with Crippen LogP contribution in [0.1, 0.15) is 31.4 Å². The minimum Gasteiger partial charge on any atom is -0.465 e. The summed E-state index contributed by atoms with van der Waals surface area (Å²) in [4.78, 5) is 0. The Morgan fingerprint density at radius 3 is 2.81 bits per heavy atom. The molecule has 0 atom stereocenters. The van der Waals surface area contributed by atoms with Gasteiger partial charge in [-0.3, -0.25) is 0 Å².